The Bertz CT molecular complexity index is 710. The van der Waals surface area contributed by atoms with Crippen LogP contribution in [0, 0.1) is 10.1 Å². The largest absolute Gasteiger partial charge is 0.491 e. The van der Waals surface area contributed by atoms with E-state index in [0.29, 0.717) is 12.3 Å². The smallest absolute Gasteiger partial charge is 0.269 e. The van der Waals surface area contributed by atoms with Gasteiger partial charge in [0.25, 0.3) is 5.69 Å². The average Bonchev–Trinajstić information content (AvgIpc) is 2.68. The van der Waals surface area contributed by atoms with Gasteiger partial charge in [-0.1, -0.05) is 18.6 Å². The molecule has 26 heavy (non-hydrogen) atoms. The van der Waals surface area contributed by atoms with Gasteiger partial charge in [-0.3, -0.25) is 10.1 Å². The summed E-state index contributed by atoms with van der Waals surface area (Å²) in [5.74, 6) is 0.702. The number of hydrogen-bond donors (Lipinski definition) is 1. The van der Waals surface area contributed by atoms with Gasteiger partial charge >= 0.3 is 0 Å². The number of nitrogens with zero attached hydrogens (tertiary/aromatic N) is 2. The molecule has 2 aromatic rings. The minimum Gasteiger partial charge on any atom is -0.491 e. The Morgan fingerprint density at radius 2 is 1.58 bits per heavy atom. The normalized spacial score (nSPS) is 16.2. The lowest BCUT2D eigenvalue weighted by atomic mass is 10.1. The summed E-state index contributed by atoms with van der Waals surface area (Å²) in [4.78, 5) is 12.6. The third-order valence-corrected chi connectivity index (χ3v) is 4.63. The summed E-state index contributed by atoms with van der Waals surface area (Å²) in [5.41, 5.74) is 1.95. The molecular formula is C20H24N2O4. The van der Waals surface area contributed by atoms with E-state index in [1.807, 2.05) is 24.3 Å². The van der Waals surface area contributed by atoms with Gasteiger partial charge in [0.1, 0.15) is 18.5 Å². The van der Waals surface area contributed by atoms with Crippen molar-refractivity contribution < 1.29 is 14.8 Å². The van der Waals surface area contributed by atoms with Gasteiger partial charge in [0.2, 0.25) is 0 Å². The van der Waals surface area contributed by atoms with E-state index >= 15 is 0 Å². The molecular weight excluding hydrogens is 332 g/mol. The number of β-amino-alcohol motifs (C(OH)–C–C–N with tert-alkyl or cyclic N) is 1. The first-order valence-corrected chi connectivity index (χ1v) is 9.00. The fourth-order valence-corrected chi connectivity index (χ4v) is 3.20. The Kier molecular flexibility index (Phi) is 6.20. The third kappa shape index (κ3) is 5.03. The van der Waals surface area contributed by atoms with Crippen LogP contribution in [0.15, 0.2) is 48.5 Å². The zero-order chi connectivity index (χ0) is 18.4. The van der Waals surface area contributed by atoms with E-state index in [0.717, 1.165) is 24.2 Å². The van der Waals surface area contributed by atoms with Crippen LogP contribution in [0.2, 0.25) is 0 Å². The Labute approximate surface area is 153 Å². The van der Waals surface area contributed by atoms with Crippen molar-refractivity contribution in [3.05, 3.63) is 58.6 Å². The third-order valence-electron chi connectivity index (χ3n) is 4.63. The van der Waals surface area contributed by atoms with E-state index in [-0.39, 0.29) is 12.3 Å². The molecule has 1 saturated heterocycles. The highest BCUT2D eigenvalue weighted by Crippen LogP contribution is 2.24. The second kappa shape index (κ2) is 8.78. The first-order chi connectivity index (χ1) is 12.6. The van der Waals surface area contributed by atoms with E-state index in [4.69, 9.17) is 4.74 Å². The van der Waals surface area contributed by atoms with Crippen molar-refractivity contribution in [2.75, 3.05) is 26.2 Å². The van der Waals surface area contributed by atoms with Gasteiger partial charge in [-0.15, -0.1) is 0 Å². The molecule has 0 spiro atoms. The van der Waals surface area contributed by atoms with Crippen molar-refractivity contribution in [2.45, 2.75) is 25.4 Å². The fraction of sp³-hybridized carbons (Fsp3) is 0.400. The monoisotopic (exact) mass is 356 g/mol. The highest BCUT2D eigenvalue weighted by Gasteiger charge is 2.15. The number of non-ortho nitro benzene ring substituents is 1. The fourth-order valence-electron chi connectivity index (χ4n) is 3.20. The van der Waals surface area contributed by atoms with E-state index in [1.54, 1.807) is 12.1 Å². The molecule has 1 unspecified atom stereocenters. The second-order valence-electron chi connectivity index (χ2n) is 6.65. The van der Waals surface area contributed by atoms with Gasteiger partial charge in [0, 0.05) is 18.7 Å². The summed E-state index contributed by atoms with van der Waals surface area (Å²) in [7, 11) is 0. The van der Waals surface area contributed by atoms with E-state index < -0.39 is 11.0 Å². The van der Waals surface area contributed by atoms with Crippen molar-refractivity contribution in [3.63, 3.8) is 0 Å². The molecule has 0 saturated carbocycles. The quantitative estimate of drug-likeness (QED) is 0.607. The lowest BCUT2D eigenvalue weighted by Gasteiger charge is -2.28. The molecule has 138 valence electrons. The number of nitro groups is 1. The molecule has 1 N–H and O–H groups in total. The molecule has 6 nitrogen and oxygen atoms in total. The lowest BCUT2D eigenvalue weighted by molar-refractivity contribution is -0.384. The first kappa shape index (κ1) is 18.4. The molecule has 0 amide bonds. The zero-order valence-electron chi connectivity index (χ0n) is 14.7. The van der Waals surface area contributed by atoms with Gasteiger partial charge in [-0.2, -0.15) is 0 Å². The van der Waals surface area contributed by atoms with Crippen LogP contribution in [0.25, 0.3) is 11.1 Å². The van der Waals surface area contributed by atoms with Crippen LogP contribution in [-0.2, 0) is 0 Å². The molecule has 3 rings (SSSR count). The maximum Gasteiger partial charge on any atom is 0.269 e. The number of likely N-dealkylation sites (tertiary alicyclic amines) is 1. The van der Waals surface area contributed by atoms with Gasteiger partial charge < -0.3 is 14.7 Å². The van der Waals surface area contributed by atoms with Crippen molar-refractivity contribution in [2.24, 2.45) is 0 Å². The molecule has 6 heteroatoms. The van der Waals surface area contributed by atoms with Crippen LogP contribution in [0.3, 0.4) is 0 Å². The Balaban J connectivity index is 1.51. The van der Waals surface area contributed by atoms with E-state index in [2.05, 4.69) is 4.90 Å². The SMILES string of the molecule is O=[N+]([O-])c1ccc(-c2ccc(OCC(O)CN3CCCCC3)cc2)cc1. The number of aliphatic hydroxyl groups is 1. The van der Waals surface area contributed by atoms with E-state index in [1.165, 1.54) is 31.4 Å². The van der Waals surface area contributed by atoms with Gasteiger partial charge in [-0.05, 0) is 61.3 Å². The van der Waals surface area contributed by atoms with Gasteiger partial charge in [0.15, 0.2) is 0 Å². The van der Waals surface area contributed by atoms with Gasteiger partial charge in [0.05, 0.1) is 4.92 Å². The molecule has 0 aromatic heterocycles. The highest BCUT2D eigenvalue weighted by atomic mass is 16.6. The Morgan fingerprint density at radius 1 is 1.00 bits per heavy atom. The van der Waals surface area contributed by atoms with Crippen LogP contribution in [0.4, 0.5) is 5.69 Å². The van der Waals surface area contributed by atoms with E-state index in [9.17, 15) is 15.2 Å². The van der Waals surface area contributed by atoms with Crippen molar-refractivity contribution in [3.8, 4) is 16.9 Å². The number of aliphatic hydroxyl groups excluding tert-OH is 1. The number of hydrogen-bond acceptors (Lipinski definition) is 5. The topological polar surface area (TPSA) is 75.8 Å². The Hall–Kier alpha value is -2.44. The molecule has 1 atom stereocenters. The molecule has 1 aliphatic heterocycles. The summed E-state index contributed by atoms with van der Waals surface area (Å²) in [6.07, 6.45) is 3.20. The molecule has 2 aromatic carbocycles. The maximum atomic E-state index is 10.7. The first-order valence-electron chi connectivity index (χ1n) is 9.00. The van der Waals surface area contributed by atoms with Crippen LogP contribution in [-0.4, -0.2) is 47.3 Å². The predicted molar refractivity (Wildman–Crippen MR) is 100 cm³/mol. The van der Waals surface area contributed by atoms with Crippen LogP contribution in [0.5, 0.6) is 5.75 Å². The summed E-state index contributed by atoms with van der Waals surface area (Å²) >= 11 is 0. The maximum absolute atomic E-state index is 10.7. The molecule has 0 bridgehead atoms. The summed E-state index contributed by atoms with van der Waals surface area (Å²) < 4.78 is 5.68. The van der Waals surface area contributed by atoms with Crippen molar-refractivity contribution in [1.29, 1.82) is 0 Å². The molecule has 1 aliphatic rings. The summed E-state index contributed by atoms with van der Waals surface area (Å²) in [5, 5.41) is 20.9. The van der Waals surface area contributed by atoms with Gasteiger partial charge in [-0.25, -0.2) is 0 Å². The molecule has 0 aliphatic carbocycles. The summed E-state index contributed by atoms with van der Waals surface area (Å²) in [6, 6.07) is 14.0. The van der Waals surface area contributed by atoms with Crippen LogP contribution >= 0.6 is 0 Å². The minimum absolute atomic E-state index is 0.0800. The number of ether oxygens (including phenoxy) is 1. The Morgan fingerprint density at radius 3 is 2.15 bits per heavy atom. The molecule has 1 heterocycles. The minimum atomic E-state index is -0.498. The average molecular weight is 356 g/mol. The number of piperidine rings is 1. The number of rotatable bonds is 7. The van der Waals surface area contributed by atoms with Crippen LogP contribution in [0.1, 0.15) is 19.3 Å². The van der Waals surface area contributed by atoms with Crippen molar-refractivity contribution in [1.82, 2.24) is 4.90 Å². The van der Waals surface area contributed by atoms with Crippen molar-refractivity contribution >= 4 is 5.69 Å². The second-order valence-corrected chi connectivity index (χ2v) is 6.65. The number of benzene rings is 2. The predicted octanol–water partition coefficient (Wildman–Crippen LogP) is 3.49. The standard InChI is InChI=1S/C20H24N2O4/c23-19(14-21-12-2-1-3-13-21)15-26-20-10-6-17(7-11-20)16-4-8-18(9-5-16)22(24)25/h4-11,19,23H,1-3,12-15H2. The van der Waals surface area contributed by atoms with Crippen LogP contribution < -0.4 is 4.74 Å². The summed E-state index contributed by atoms with van der Waals surface area (Å²) in [6.45, 7) is 3.04. The zero-order valence-corrected chi connectivity index (χ0v) is 14.7. The number of nitro benzene ring substituents is 1. The molecule has 0 radical (unpaired) electrons. The lowest BCUT2D eigenvalue weighted by Crippen LogP contribution is -2.38. The molecule has 1 fully saturated rings. The highest BCUT2D eigenvalue weighted by molar-refractivity contribution is 5.65.